The maximum absolute atomic E-state index is 13.2. The van der Waals surface area contributed by atoms with Crippen molar-refractivity contribution in [3.63, 3.8) is 0 Å². The number of benzene rings is 1. The molecule has 3 heterocycles. The van der Waals surface area contributed by atoms with Crippen LogP contribution in [0.3, 0.4) is 0 Å². The summed E-state index contributed by atoms with van der Waals surface area (Å²) in [6, 6.07) is 11.6. The van der Waals surface area contributed by atoms with Gasteiger partial charge in [-0.2, -0.15) is 13.9 Å². The number of pyridine rings is 1. The number of nitrogens with one attached hydrogen (secondary N) is 1. The molecule has 39 heavy (non-hydrogen) atoms. The van der Waals surface area contributed by atoms with Crippen LogP contribution in [0.1, 0.15) is 43.4 Å². The van der Waals surface area contributed by atoms with Gasteiger partial charge in [0.2, 0.25) is 11.8 Å². The van der Waals surface area contributed by atoms with Crippen LogP contribution in [0.2, 0.25) is 0 Å². The Labute approximate surface area is 225 Å². The molecule has 0 radical (unpaired) electrons. The van der Waals surface area contributed by atoms with Crippen LogP contribution in [-0.4, -0.2) is 57.3 Å². The lowest BCUT2D eigenvalue weighted by Gasteiger charge is -2.22. The Kier molecular flexibility index (Phi) is 7.76. The van der Waals surface area contributed by atoms with E-state index in [2.05, 4.69) is 20.1 Å². The Balaban J connectivity index is 1.28. The predicted octanol–water partition coefficient (Wildman–Crippen LogP) is 3.89. The highest BCUT2D eigenvalue weighted by Crippen LogP contribution is 2.39. The highest BCUT2D eigenvalue weighted by molar-refractivity contribution is 5.87. The fraction of sp³-hybridized carbons (Fsp3) is 0.429. The van der Waals surface area contributed by atoms with Crippen LogP contribution in [0.15, 0.2) is 48.7 Å². The molecule has 206 valence electrons. The maximum Gasteiger partial charge on any atom is 0.387 e. The number of amides is 2. The topological polar surface area (TPSA) is 98.6 Å². The highest BCUT2D eigenvalue weighted by Gasteiger charge is 2.39. The average molecular weight is 540 g/mol. The van der Waals surface area contributed by atoms with Crippen molar-refractivity contribution in [2.45, 2.75) is 51.3 Å². The monoisotopic (exact) mass is 539 g/mol. The fourth-order valence-corrected chi connectivity index (χ4v) is 4.89. The van der Waals surface area contributed by atoms with E-state index < -0.39 is 12.7 Å². The Morgan fingerprint density at radius 2 is 1.97 bits per heavy atom. The molecule has 1 aliphatic heterocycles. The van der Waals surface area contributed by atoms with Gasteiger partial charge in [-0.25, -0.2) is 4.98 Å². The lowest BCUT2D eigenvalue weighted by atomic mass is 9.95. The Morgan fingerprint density at radius 1 is 1.15 bits per heavy atom. The Morgan fingerprint density at radius 3 is 2.67 bits per heavy atom. The van der Waals surface area contributed by atoms with E-state index in [-0.39, 0.29) is 35.8 Å². The van der Waals surface area contributed by atoms with Crippen LogP contribution < -0.4 is 14.8 Å². The minimum Gasteiger partial charge on any atom is -0.489 e. The number of aromatic nitrogens is 3. The maximum atomic E-state index is 13.2. The van der Waals surface area contributed by atoms with Crippen molar-refractivity contribution in [1.82, 2.24) is 25.0 Å². The van der Waals surface area contributed by atoms with Gasteiger partial charge in [0.05, 0.1) is 30.2 Å². The van der Waals surface area contributed by atoms with E-state index in [1.807, 2.05) is 31.3 Å². The summed E-state index contributed by atoms with van der Waals surface area (Å²) in [5.41, 5.74) is 3.08. The summed E-state index contributed by atoms with van der Waals surface area (Å²) in [5, 5.41) is 7.09. The summed E-state index contributed by atoms with van der Waals surface area (Å²) < 4.78 is 38.0. The molecule has 1 N–H and O–H groups in total. The minimum atomic E-state index is -2.97. The van der Waals surface area contributed by atoms with E-state index in [1.165, 1.54) is 13.0 Å². The van der Waals surface area contributed by atoms with Gasteiger partial charge in [0, 0.05) is 32.6 Å². The second kappa shape index (κ2) is 11.4. The molecule has 2 amide bonds. The number of likely N-dealkylation sites (tertiary alicyclic amines) is 1. The predicted molar refractivity (Wildman–Crippen MR) is 138 cm³/mol. The summed E-state index contributed by atoms with van der Waals surface area (Å²) in [5.74, 6) is 0.00686. The van der Waals surface area contributed by atoms with Crippen molar-refractivity contribution in [1.29, 1.82) is 0 Å². The van der Waals surface area contributed by atoms with Gasteiger partial charge in [-0.1, -0.05) is 12.1 Å². The number of nitrogens with zero attached hydrogens (tertiary/aromatic N) is 4. The lowest BCUT2D eigenvalue weighted by Crippen LogP contribution is -2.45. The summed E-state index contributed by atoms with van der Waals surface area (Å²) >= 11 is 0. The Hall–Kier alpha value is -4.02. The molecule has 1 aliphatic carbocycles. The van der Waals surface area contributed by atoms with E-state index in [4.69, 9.17) is 4.74 Å². The van der Waals surface area contributed by atoms with Crippen molar-refractivity contribution in [2.24, 2.45) is 13.0 Å². The first-order valence-corrected chi connectivity index (χ1v) is 13.0. The smallest absolute Gasteiger partial charge is 0.387 e. The standard InChI is InChI=1S/C28H31F2N5O4/c1-17(36)35-15-20(19-8-9-25(39-28(29)30)26(13-19)38-16-18-6-7-18)12-24(35)27(37)31-14-21-4-3-5-22(33-21)23-10-11-32-34(23)2/h3-5,8-11,13,18,20,24,28H,6-7,12,14-16H2,1-2H3,(H,31,37)/t20?,24-/m1/s1. The van der Waals surface area contributed by atoms with E-state index in [1.54, 1.807) is 27.9 Å². The molecule has 2 atom stereocenters. The molecule has 2 fully saturated rings. The van der Waals surface area contributed by atoms with Gasteiger partial charge in [-0.05, 0) is 61.1 Å². The van der Waals surface area contributed by atoms with Gasteiger partial charge >= 0.3 is 6.61 Å². The van der Waals surface area contributed by atoms with Gasteiger partial charge in [0.15, 0.2) is 11.5 Å². The van der Waals surface area contributed by atoms with Gasteiger partial charge in [0.25, 0.3) is 0 Å². The first-order chi connectivity index (χ1) is 18.8. The van der Waals surface area contributed by atoms with E-state index >= 15 is 0 Å². The van der Waals surface area contributed by atoms with Crippen molar-refractivity contribution in [2.75, 3.05) is 13.2 Å². The molecule has 1 unspecified atom stereocenters. The SMILES string of the molecule is CC(=O)N1CC(c2ccc(OC(F)F)c(OCC3CC3)c2)C[C@@H]1C(=O)NCc1cccc(-c2ccnn2C)n1. The van der Waals surface area contributed by atoms with Crippen LogP contribution in [0.25, 0.3) is 11.4 Å². The third-order valence-corrected chi connectivity index (χ3v) is 7.17. The number of halogens is 2. The number of hydrogen-bond donors (Lipinski definition) is 1. The molecule has 1 saturated carbocycles. The molecule has 5 rings (SSSR count). The molecule has 2 aromatic heterocycles. The number of rotatable bonds is 10. The Bertz CT molecular complexity index is 1340. The van der Waals surface area contributed by atoms with Crippen molar-refractivity contribution in [3.8, 4) is 22.9 Å². The van der Waals surface area contributed by atoms with E-state index in [0.717, 1.165) is 29.8 Å². The van der Waals surface area contributed by atoms with Gasteiger partial charge in [-0.3, -0.25) is 14.3 Å². The van der Waals surface area contributed by atoms with E-state index in [0.29, 0.717) is 31.2 Å². The summed E-state index contributed by atoms with van der Waals surface area (Å²) in [6.07, 6.45) is 4.20. The summed E-state index contributed by atoms with van der Waals surface area (Å²) in [7, 11) is 1.83. The molecule has 9 nitrogen and oxygen atoms in total. The first-order valence-electron chi connectivity index (χ1n) is 13.0. The molecule has 2 aliphatic rings. The van der Waals surface area contributed by atoms with Gasteiger partial charge < -0.3 is 19.7 Å². The zero-order valence-corrected chi connectivity index (χ0v) is 21.8. The number of aryl methyl sites for hydroxylation is 1. The molecule has 3 aromatic rings. The molecule has 0 spiro atoms. The molecule has 1 aromatic carbocycles. The van der Waals surface area contributed by atoms with Crippen LogP contribution in [0.5, 0.6) is 11.5 Å². The molecule has 0 bridgehead atoms. The lowest BCUT2D eigenvalue weighted by molar-refractivity contribution is -0.136. The van der Waals surface area contributed by atoms with Crippen molar-refractivity contribution >= 4 is 11.8 Å². The zero-order chi connectivity index (χ0) is 27.5. The third kappa shape index (κ3) is 6.35. The summed E-state index contributed by atoms with van der Waals surface area (Å²) in [4.78, 5) is 31.9. The molecule has 1 saturated heterocycles. The second-order valence-corrected chi connectivity index (χ2v) is 10.0. The highest BCUT2D eigenvalue weighted by atomic mass is 19.3. The number of alkyl halides is 2. The van der Waals surface area contributed by atoms with Gasteiger partial charge in [0.1, 0.15) is 6.04 Å². The largest absolute Gasteiger partial charge is 0.489 e. The van der Waals surface area contributed by atoms with Crippen LogP contribution in [0.4, 0.5) is 8.78 Å². The minimum absolute atomic E-state index is 0.0223. The molecular weight excluding hydrogens is 508 g/mol. The zero-order valence-electron chi connectivity index (χ0n) is 21.8. The average Bonchev–Trinajstić information content (AvgIpc) is 3.46. The number of carbonyl (C=O) groups excluding carboxylic acids is 2. The third-order valence-electron chi connectivity index (χ3n) is 7.17. The number of hydrogen-bond acceptors (Lipinski definition) is 6. The van der Waals surface area contributed by atoms with Crippen molar-refractivity contribution < 1.29 is 27.8 Å². The fourth-order valence-electron chi connectivity index (χ4n) is 4.89. The van der Waals surface area contributed by atoms with Crippen LogP contribution in [-0.2, 0) is 23.2 Å². The van der Waals surface area contributed by atoms with Crippen LogP contribution >= 0.6 is 0 Å². The number of ether oxygens (including phenoxy) is 2. The van der Waals surface area contributed by atoms with Crippen molar-refractivity contribution in [3.05, 3.63) is 59.9 Å². The quantitative estimate of drug-likeness (QED) is 0.420. The van der Waals surface area contributed by atoms with E-state index in [9.17, 15) is 18.4 Å². The normalized spacial score (nSPS) is 18.8. The first kappa shape index (κ1) is 26.6. The summed E-state index contributed by atoms with van der Waals surface area (Å²) in [6.45, 7) is -0.555. The van der Waals surface area contributed by atoms with Crippen LogP contribution in [0, 0.1) is 5.92 Å². The van der Waals surface area contributed by atoms with Gasteiger partial charge in [-0.15, -0.1) is 0 Å². The molecule has 11 heteroatoms. The molecular formula is C28H31F2N5O4. The number of carbonyl (C=O) groups is 2. The second-order valence-electron chi connectivity index (χ2n) is 10.0.